The second kappa shape index (κ2) is 8.02. The summed E-state index contributed by atoms with van der Waals surface area (Å²) in [6, 6.07) is 0. The highest BCUT2D eigenvalue weighted by atomic mass is 127. The van der Waals surface area contributed by atoms with E-state index in [1.54, 1.807) is 9.15 Å². The Morgan fingerprint density at radius 2 is 1.32 bits per heavy atom. The lowest BCUT2D eigenvalue weighted by Gasteiger charge is -2.39. The largest absolute Gasteiger partial charge is 0.370 e. The fourth-order valence-corrected chi connectivity index (χ4v) is 4.29. The number of ether oxygens (including phenoxy) is 1. The summed E-state index contributed by atoms with van der Waals surface area (Å²) in [5.41, 5.74) is 1.66. The first-order valence-corrected chi connectivity index (χ1v) is 9.32. The number of halogens is 1. The van der Waals surface area contributed by atoms with Crippen molar-refractivity contribution < 1.29 is 4.74 Å². The molecule has 0 aromatic carbocycles. The molecule has 19 heavy (non-hydrogen) atoms. The second-order valence-electron chi connectivity index (χ2n) is 6.30. The second-order valence-corrected chi connectivity index (χ2v) is 7.61. The van der Waals surface area contributed by atoms with Gasteiger partial charge in [-0.1, -0.05) is 57.8 Å². The van der Waals surface area contributed by atoms with Crippen molar-refractivity contribution in [3.05, 3.63) is 9.15 Å². The average Bonchev–Trinajstić information content (AvgIpc) is 2.39. The molecule has 1 spiro atoms. The summed E-state index contributed by atoms with van der Waals surface area (Å²) >= 11 is 2.55. The summed E-state index contributed by atoms with van der Waals surface area (Å²) in [6.45, 7) is 3.27. The van der Waals surface area contributed by atoms with Gasteiger partial charge in [0.1, 0.15) is 0 Å². The standard InChI is InChI=1S/C17H29IO/c1-15-16(18)11-14-19-17(15)12-9-7-5-3-2-4-6-8-10-13-17/h2-14H2,1H3. The van der Waals surface area contributed by atoms with Crippen molar-refractivity contribution in [2.24, 2.45) is 0 Å². The quantitative estimate of drug-likeness (QED) is 0.460. The molecule has 0 atom stereocenters. The molecule has 0 aromatic rings. The van der Waals surface area contributed by atoms with Crippen LogP contribution in [0.4, 0.5) is 0 Å². The molecule has 1 heterocycles. The van der Waals surface area contributed by atoms with E-state index < -0.39 is 0 Å². The van der Waals surface area contributed by atoms with Crippen molar-refractivity contribution >= 4 is 22.6 Å². The molecule has 1 saturated carbocycles. The lowest BCUT2D eigenvalue weighted by Crippen LogP contribution is -2.38. The molecule has 0 aromatic heterocycles. The smallest absolute Gasteiger partial charge is 0.0899 e. The van der Waals surface area contributed by atoms with E-state index >= 15 is 0 Å². The van der Waals surface area contributed by atoms with Crippen LogP contribution in [0.1, 0.15) is 84.0 Å². The van der Waals surface area contributed by atoms with Crippen molar-refractivity contribution in [3.8, 4) is 0 Å². The highest BCUT2D eigenvalue weighted by molar-refractivity contribution is 14.1. The van der Waals surface area contributed by atoms with E-state index in [1.807, 2.05) is 0 Å². The van der Waals surface area contributed by atoms with Gasteiger partial charge in [-0.3, -0.25) is 0 Å². The van der Waals surface area contributed by atoms with Crippen molar-refractivity contribution in [3.63, 3.8) is 0 Å². The maximum atomic E-state index is 6.33. The van der Waals surface area contributed by atoms with Gasteiger partial charge in [-0.15, -0.1) is 0 Å². The summed E-state index contributed by atoms with van der Waals surface area (Å²) in [5, 5.41) is 0. The van der Waals surface area contributed by atoms with Gasteiger partial charge in [-0.2, -0.15) is 0 Å². The van der Waals surface area contributed by atoms with E-state index in [0.717, 1.165) is 13.0 Å². The Morgan fingerprint density at radius 3 is 1.84 bits per heavy atom. The predicted molar refractivity (Wildman–Crippen MR) is 90.8 cm³/mol. The zero-order chi connectivity index (χ0) is 13.6. The minimum absolute atomic E-state index is 0.105. The maximum Gasteiger partial charge on any atom is 0.0899 e. The lowest BCUT2D eigenvalue weighted by atomic mass is 9.81. The normalized spacial score (nSPS) is 26.8. The van der Waals surface area contributed by atoms with Gasteiger partial charge in [0, 0.05) is 6.42 Å². The van der Waals surface area contributed by atoms with Crippen molar-refractivity contribution in [2.45, 2.75) is 89.6 Å². The third kappa shape index (κ3) is 4.45. The minimum Gasteiger partial charge on any atom is -0.370 e. The summed E-state index contributed by atoms with van der Waals surface area (Å²) in [4.78, 5) is 0. The van der Waals surface area contributed by atoms with E-state index in [9.17, 15) is 0 Å². The van der Waals surface area contributed by atoms with Crippen LogP contribution in [0.3, 0.4) is 0 Å². The highest BCUT2D eigenvalue weighted by Gasteiger charge is 2.35. The van der Waals surface area contributed by atoms with E-state index in [4.69, 9.17) is 4.74 Å². The SMILES string of the molecule is CC1=C(I)CCOC12CCCCCCCCCCC2. The molecular weight excluding hydrogens is 347 g/mol. The van der Waals surface area contributed by atoms with Crippen LogP contribution < -0.4 is 0 Å². The topological polar surface area (TPSA) is 9.23 Å². The first-order chi connectivity index (χ1) is 9.25. The fraction of sp³-hybridized carbons (Fsp3) is 0.882. The molecule has 0 radical (unpaired) electrons. The Kier molecular flexibility index (Phi) is 6.67. The molecule has 110 valence electrons. The molecule has 2 rings (SSSR count). The Bertz CT molecular complexity index is 296. The maximum absolute atomic E-state index is 6.33. The third-order valence-electron chi connectivity index (χ3n) is 4.95. The van der Waals surface area contributed by atoms with Gasteiger partial charge in [-0.25, -0.2) is 0 Å². The number of rotatable bonds is 0. The Balaban J connectivity index is 2.03. The number of hydrogen-bond donors (Lipinski definition) is 0. The highest BCUT2D eigenvalue weighted by Crippen LogP contribution is 2.41. The van der Waals surface area contributed by atoms with E-state index in [-0.39, 0.29) is 5.60 Å². The minimum atomic E-state index is 0.105. The van der Waals surface area contributed by atoms with Crippen LogP contribution >= 0.6 is 22.6 Å². The third-order valence-corrected chi connectivity index (χ3v) is 6.30. The van der Waals surface area contributed by atoms with E-state index in [2.05, 4.69) is 29.5 Å². The lowest BCUT2D eigenvalue weighted by molar-refractivity contribution is -0.0397. The van der Waals surface area contributed by atoms with Gasteiger partial charge in [-0.05, 0) is 51.5 Å². The molecule has 1 aliphatic carbocycles. The molecule has 2 heteroatoms. The van der Waals surface area contributed by atoms with Gasteiger partial charge >= 0.3 is 0 Å². The van der Waals surface area contributed by atoms with Crippen LogP contribution in [-0.2, 0) is 4.74 Å². The molecule has 1 fully saturated rings. The zero-order valence-electron chi connectivity index (χ0n) is 12.5. The molecule has 1 nitrogen and oxygen atoms in total. The predicted octanol–water partition coefficient (Wildman–Crippen LogP) is 6.16. The zero-order valence-corrected chi connectivity index (χ0v) is 14.6. The molecule has 0 bridgehead atoms. The van der Waals surface area contributed by atoms with Gasteiger partial charge in [0.2, 0.25) is 0 Å². The van der Waals surface area contributed by atoms with Crippen LogP contribution in [0, 0.1) is 0 Å². The van der Waals surface area contributed by atoms with Crippen LogP contribution in [0.2, 0.25) is 0 Å². The molecule has 1 aliphatic heterocycles. The van der Waals surface area contributed by atoms with Crippen molar-refractivity contribution in [1.82, 2.24) is 0 Å². The van der Waals surface area contributed by atoms with Crippen LogP contribution in [0.25, 0.3) is 0 Å². The summed E-state index contributed by atoms with van der Waals surface area (Å²) in [5.74, 6) is 0. The average molecular weight is 376 g/mol. The Morgan fingerprint density at radius 1 is 0.842 bits per heavy atom. The van der Waals surface area contributed by atoms with E-state index in [0.29, 0.717) is 0 Å². The molecular formula is C17H29IO. The summed E-state index contributed by atoms with van der Waals surface area (Å²) in [6.07, 6.45) is 16.3. The van der Waals surface area contributed by atoms with Crippen molar-refractivity contribution in [2.75, 3.05) is 6.61 Å². The first kappa shape index (κ1) is 15.8. The van der Waals surface area contributed by atoms with E-state index in [1.165, 1.54) is 70.6 Å². The van der Waals surface area contributed by atoms with Gasteiger partial charge in [0.25, 0.3) is 0 Å². The number of hydrogen-bond acceptors (Lipinski definition) is 1. The summed E-state index contributed by atoms with van der Waals surface area (Å²) in [7, 11) is 0. The van der Waals surface area contributed by atoms with Gasteiger partial charge in [0.05, 0.1) is 12.2 Å². The molecule has 2 aliphatic rings. The van der Waals surface area contributed by atoms with Crippen LogP contribution in [0.15, 0.2) is 9.15 Å². The molecule has 0 saturated heterocycles. The first-order valence-electron chi connectivity index (χ1n) is 8.24. The van der Waals surface area contributed by atoms with Crippen molar-refractivity contribution in [1.29, 1.82) is 0 Å². The van der Waals surface area contributed by atoms with Gasteiger partial charge in [0.15, 0.2) is 0 Å². The monoisotopic (exact) mass is 376 g/mol. The summed E-state index contributed by atoms with van der Waals surface area (Å²) < 4.78 is 7.90. The van der Waals surface area contributed by atoms with Crippen LogP contribution in [0.5, 0.6) is 0 Å². The Hall–Kier alpha value is 0.430. The molecule has 0 N–H and O–H groups in total. The molecule has 0 amide bonds. The van der Waals surface area contributed by atoms with Gasteiger partial charge < -0.3 is 4.74 Å². The molecule has 0 unspecified atom stereocenters. The van der Waals surface area contributed by atoms with Crippen LogP contribution in [-0.4, -0.2) is 12.2 Å². The Labute approximate surface area is 132 Å². The fourth-order valence-electron chi connectivity index (χ4n) is 3.58.